The molecule has 0 bridgehead atoms. The molecule has 2 heterocycles. The van der Waals surface area contributed by atoms with Crippen LogP contribution in [0.2, 0.25) is 0 Å². The van der Waals surface area contributed by atoms with Gasteiger partial charge in [-0.1, -0.05) is 6.07 Å². The molecular formula is C22H24BrN3O2. The van der Waals surface area contributed by atoms with E-state index in [4.69, 9.17) is 4.74 Å². The lowest BCUT2D eigenvalue weighted by Crippen LogP contribution is -2.32. The van der Waals surface area contributed by atoms with Gasteiger partial charge in [-0.25, -0.2) is 0 Å². The molecule has 3 aromatic rings. The van der Waals surface area contributed by atoms with Gasteiger partial charge in [-0.2, -0.15) is 0 Å². The van der Waals surface area contributed by atoms with Crippen molar-refractivity contribution in [3.63, 3.8) is 0 Å². The number of hydrogen-bond acceptors (Lipinski definition) is 4. The summed E-state index contributed by atoms with van der Waals surface area (Å²) < 4.78 is 8.39. The molecule has 146 valence electrons. The quantitative estimate of drug-likeness (QED) is 0.614. The van der Waals surface area contributed by atoms with Gasteiger partial charge in [0.1, 0.15) is 5.75 Å². The van der Waals surface area contributed by atoms with E-state index in [1.54, 1.807) is 13.2 Å². The van der Waals surface area contributed by atoms with E-state index < -0.39 is 0 Å². The smallest absolute Gasteiger partial charge is 0.189 e. The molecule has 0 saturated carbocycles. The zero-order chi connectivity index (χ0) is 19.5. The van der Waals surface area contributed by atoms with Crippen molar-refractivity contribution in [3.8, 4) is 5.75 Å². The van der Waals surface area contributed by atoms with Crippen LogP contribution in [0.5, 0.6) is 5.75 Å². The van der Waals surface area contributed by atoms with Gasteiger partial charge >= 0.3 is 0 Å². The maximum absolute atomic E-state index is 12.2. The number of halogens is 1. The second kappa shape index (κ2) is 8.37. The number of aromatic nitrogens is 1. The number of fused-ring (bicyclic) bond motifs is 1. The molecule has 0 aliphatic carbocycles. The molecule has 1 saturated heterocycles. The second-order valence-corrected chi connectivity index (χ2v) is 7.94. The highest BCUT2D eigenvalue weighted by atomic mass is 79.9. The second-order valence-electron chi connectivity index (χ2n) is 7.08. The summed E-state index contributed by atoms with van der Waals surface area (Å²) in [4.78, 5) is 17.1. The molecule has 2 aromatic carbocycles. The van der Waals surface area contributed by atoms with Gasteiger partial charge in [0.25, 0.3) is 0 Å². The minimum absolute atomic E-state index is 0.0640. The fourth-order valence-corrected chi connectivity index (χ4v) is 4.42. The zero-order valence-corrected chi connectivity index (χ0v) is 17.6. The number of pyridine rings is 1. The van der Waals surface area contributed by atoms with E-state index in [0.717, 1.165) is 60.4 Å². The molecule has 6 heteroatoms. The van der Waals surface area contributed by atoms with E-state index in [1.807, 2.05) is 36.5 Å². The number of rotatable bonds is 4. The van der Waals surface area contributed by atoms with Crippen molar-refractivity contribution in [2.75, 3.05) is 38.2 Å². The number of anilines is 1. The fraction of sp³-hybridized carbons (Fsp3) is 0.318. The lowest BCUT2D eigenvalue weighted by atomic mass is 10.2. The normalized spacial score (nSPS) is 15.6. The Kier molecular flexibility index (Phi) is 5.69. The summed E-state index contributed by atoms with van der Waals surface area (Å²) in [6, 6.07) is 15.7. The van der Waals surface area contributed by atoms with Gasteiger partial charge in [-0.05, 0) is 58.7 Å². The molecule has 4 rings (SSSR count). The van der Waals surface area contributed by atoms with Crippen LogP contribution in [-0.2, 0) is 6.67 Å². The van der Waals surface area contributed by atoms with Crippen LogP contribution in [0.25, 0.3) is 10.9 Å². The molecule has 0 amide bonds. The summed E-state index contributed by atoms with van der Waals surface area (Å²) in [5.41, 5.74) is 2.26. The third-order valence-corrected chi connectivity index (χ3v) is 5.96. The molecule has 5 nitrogen and oxygen atoms in total. The zero-order valence-electron chi connectivity index (χ0n) is 16.0. The Labute approximate surface area is 173 Å². The van der Waals surface area contributed by atoms with Gasteiger partial charge in [-0.3, -0.25) is 9.69 Å². The van der Waals surface area contributed by atoms with Crippen LogP contribution in [0.1, 0.15) is 6.42 Å². The summed E-state index contributed by atoms with van der Waals surface area (Å²) in [6.07, 6.45) is 3.01. The molecule has 1 aromatic heterocycles. The van der Waals surface area contributed by atoms with Crippen LogP contribution in [-0.4, -0.2) is 42.8 Å². The first kappa shape index (κ1) is 19.0. The lowest BCUT2D eigenvalue weighted by Gasteiger charge is -2.25. The summed E-state index contributed by atoms with van der Waals surface area (Å²) in [5.74, 6) is 0.885. The first-order valence-electron chi connectivity index (χ1n) is 9.55. The van der Waals surface area contributed by atoms with E-state index in [-0.39, 0.29) is 5.43 Å². The Hall–Kier alpha value is -2.31. The molecule has 28 heavy (non-hydrogen) atoms. The first-order chi connectivity index (χ1) is 13.7. The van der Waals surface area contributed by atoms with Gasteiger partial charge in [-0.15, -0.1) is 0 Å². The molecule has 1 aliphatic heterocycles. The maximum atomic E-state index is 12.2. The van der Waals surface area contributed by atoms with Crippen molar-refractivity contribution in [1.82, 2.24) is 9.47 Å². The van der Waals surface area contributed by atoms with E-state index in [9.17, 15) is 4.79 Å². The monoisotopic (exact) mass is 441 g/mol. The van der Waals surface area contributed by atoms with Crippen molar-refractivity contribution >= 4 is 32.5 Å². The van der Waals surface area contributed by atoms with Crippen molar-refractivity contribution in [3.05, 3.63) is 69.4 Å². The highest BCUT2D eigenvalue weighted by Gasteiger charge is 2.16. The summed E-state index contributed by atoms with van der Waals surface area (Å²) in [6.45, 7) is 4.80. The number of benzene rings is 2. The minimum Gasteiger partial charge on any atom is -0.497 e. The maximum Gasteiger partial charge on any atom is 0.189 e. The van der Waals surface area contributed by atoms with Gasteiger partial charge in [0, 0.05) is 54.0 Å². The van der Waals surface area contributed by atoms with Crippen LogP contribution < -0.4 is 15.1 Å². The third-order valence-electron chi connectivity index (χ3n) is 5.32. The highest BCUT2D eigenvalue weighted by Crippen LogP contribution is 2.23. The van der Waals surface area contributed by atoms with Gasteiger partial charge in [0.05, 0.1) is 19.3 Å². The topological polar surface area (TPSA) is 37.7 Å². The summed E-state index contributed by atoms with van der Waals surface area (Å²) in [5, 5.41) is 0.756. The Balaban J connectivity index is 1.50. The van der Waals surface area contributed by atoms with Crippen molar-refractivity contribution < 1.29 is 4.74 Å². The molecule has 0 N–H and O–H groups in total. The molecule has 0 atom stereocenters. The fourth-order valence-electron chi connectivity index (χ4n) is 3.82. The summed E-state index contributed by atoms with van der Waals surface area (Å²) >= 11 is 3.62. The average Bonchev–Trinajstić information content (AvgIpc) is 2.96. The molecular weight excluding hydrogens is 418 g/mol. The predicted molar refractivity (Wildman–Crippen MR) is 117 cm³/mol. The Morgan fingerprint density at radius 1 is 1.00 bits per heavy atom. The van der Waals surface area contributed by atoms with Crippen LogP contribution in [0.15, 0.2) is 64.0 Å². The van der Waals surface area contributed by atoms with E-state index >= 15 is 0 Å². The number of hydrogen-bond donors (Lipinski definition) is 0. The van der Waals surface area contributed by atoms with Gasteiger partial charge in [0.15, 0.2) is 5.43 Å². The number of para-hydroxylation sites is 1. The first-order valence-corrected chi connectivity index (χ1v) is 10.3. The minimum atomic E-state index is 0.0640. The molecule has 1 fully saturated rings. The van der Waals surface area contributed by atoms with Crippen LogP contribution in [0.3, 0.4) is 0 Å². The SMILES string of the molecule is COc1ccc(N2CCCN(Cn3ccc(=O)c4cccc(Br)c43)CC2)cc1. The molecule has 0 radical (unpaired) electrons. The summed E-state index contributed by atoms with van der Waals surface area (Å²) in [7, 11) is 1.69. The Bertz CT molecular complexity index is 1020. The average molecular weight is 442 g/mol. The molecule has 0 unspecified atom stereocenters. The largest absolute Gasteiger partial charge is 0.497 e. The van der Waals surface area contributed by atoms with E-state index in [2.05, 4.69) is 42.4 Å². The number of nitrogens with zero attached hydrogens (tertiary/aromatic N) is 3. The van der Waals surface area contributed by atoms with Crippen molar-refractivity contribution in [1.29, 1.82) is 0 Å². The number of ether oxygens (including phenoxy) is 1. The Morgan fingerprint density at radius 3 is 2.61 bits per heavy atom. The number of methoxy groups -OCH3 is 1. The lowest BCUT2D eigenvalue weighted by molar-refractivity contribution is 0.237. The van der Waals surface area contributed by atoms with Gasteiger partial charge in [0.2, 0.25) is 0 Å². The van der Waals surface area contributed by atoms with Gasteiger partial charge < -0.3 is 14.2 Å². The Morgan fingerprint density at radius 2 is 1.82 bits per heavy atom. The van der Waals surface area contributed by atoms with Crippen LogP contribution in [0.4, 0.5) is 5.69 Å². The highest BCUT2D eigenvalue weighted by molar-refractivity contribution is 9.10. The van der Waals surface area contributed by atoms with Crippen LogP contribution in [0, 0.1) is 0 Å². The van der Waals surface area contributed by atoms with Crippen LogP contribution >= 0.6 is 15.9 Å². The predicted octanol–water partition coefficient (Wildman–Crippen LogP) is 3.94. The standard InChI is InChI=1S/C22H24BrN3O2/c1-28-18-8-6-17(7-9-18)25-12-3-11-24(14-15-25)16-26-13-10-21(27)19-4-2-5-20(23)22(19)26/h2,4-10,13H,3,11-12,14-16H2,1H3. The van der Waals surface area contributed by atoms with Crippen molar-refractivity contribution in [2.45, 2.75) is 13.1 Å². The van der Waals surface area contributed by atoms with E-state index in [0.29, 0.717) is 0 Å². The third kappa shape index (κ3) is 3.93. The molecule has 0 spiro atoms. The molecule has 1 aliphatic rings. The van der Waals surface area contributed by atoms with Crippen molar-refractivity contribution in [2.24, 2.45) is 0 Å². The van der Waals surface area contributed by atoms with E-state index in [1.165, 1.54) is 5.69 Å².